The Bertz CT molecular complexity index is 1590. The Morgan fingerprint density at radius 3 is 2.51 bits per heavy atom. The van der Waals surface area contributed by atoms with Gasteiger partial charge >= 0.3 is 0 Å². The highest BCUT2D eigenvalue weighted by molar-refractivity contribution is 7.93. The van der Waals surface area contributed by atoms with E-state index in [-0.39, 0.29) is 0 Å². The summed E-state index contributed by atoms with van der Waals surface area (Å²) in [5.41, 5.74) is 3.83. The van der Waals surface area contributed by atoms with Gasteiger partial charge in [0, 0.05) is 49.0 Å². The zero-order valence-corrected chi connectivity index (χ0v) is 22.8. The number of anilines is 1. The first-order valence-corrected chi connectivity index (χ1v) is 14.4. The zero-order chi connectivity index (χ0) is 27.2. The fourth-order valence-electron chi connectivity index (χ4n) is 4.45. The van der Waals surface area contributed by atoms with Crippen LogP contribution in [-0.2, 0) is 21.0 Å². The summed E-state index contributed by atoms with van der Waals surface area (Å²) in [4.78, 5) is 6.84. The number of ether oxygens (including phenoxy) is 3. The van der Waals surface area contributed by atoms with Crippen molar-refractivity contribution in [3.8, 4) is 28.7 Å². The number of hydrogen-bond donors (Lipinski definition) is 0. The molecule has 1 aliphatic heterocycles. The number of aromatic nitrogens is 3. The van der Waals surface area contributed by atoms with E-state index in [4.69, 9.17) is 19.2 Å². The van der Waals surface area contributed by atoms with Gasteiger partial charge < -0.3 is 19.1 Å². The van der Waals surface area contributed by atoms with E-state index in [1.807, 2.05) is 42.5 Å². The van der Waals surface area contributed by atoms with E-state index in [2.05, 4.69) is 20.4 Å². The van der Waals surface area contributed by atoms with Gasteiger partial charge in [0.1, 0.15) is 30.0 Å². The first-order chi connectivity index (χ1) is 19.0. The van der Waals surface area contributed by atoms with Crippen LogP contribution in [0.15, 0.2) is 65.4 Å². The molecule has 0 unspecified atom stereocenters. The molecule has 1 saturated heterocycles. The fraction of sp³-hybridized carbons (Fsp3) is 0.321. The Balaban J connectivity index is 1.31. The minimum absolute atomic E-state index is 0.398. The Hall–Kier alpha value is -4.14. The maximum Gasteiger partial charge on any atom is 0.138 e. The van der Waals surface area contributed by atoms with E-state index in [0.717, 1.165) is 28.3 Å². The SMILES string of the molecule is COCCOc1cc(-c2ccc(N3CCS(=O)(=NCc4ccc(OC)cc4)CC3)nc2)c2c(C#N)cnn2c1. The summed E-state index contributed by atoms with van der Waals surface area (Å²) in [6.45, 7) is 2.52. The van der Waals surface area contributed by atoms with Crippen LogP contribution in [0.3, 0.4) is 0 Å². The molecule has 1 aliphatic rings. The average molecular weight is 547 g/mol. The molecule has 10 nitrogen and oxygen atoms in total. The van der Waals surface area contributed by atoms with E-state index in [9.17, 15) is 9.47 Å². The standard InChI is InChI=1S/C28H30N6O4S/c1-36-11-12-38-25-15-26(28-23(16-29)19-31-34(28)20-25)22-5-8-27(30-18-22)33-9-13-39(35,14-10-33)32-17-21-3-6-24(37-2)7-4-21/h3-8,15,18-20H,9-14,17H2,1-2H3. The van der Waals surface area contributed by atoms with Crippen molar-refractivity contribution in [2.45, 2.75) is 6.54 Å². The number of hydrogen-bond acceptors (Lipinski definition) is 9. The second kappa shape index (κ2) is 11.7. The molecule has 1 fully saturated rings. The fourth-order valence-corrected chi connectivity index (χ4v) is 6.31. The molecule has 11 heteroatoms. The van der Waals surface area contributed by atoms with E-state index >= 15 is 0 Å². The highest BCUT2D eigenvalue weighted by Gasteiger charge is 2.22. The molecule has 0 N–H and O–H groups in total. The molecule has 5 rings (SSSR count). The second-order valence-electron chi connectivity index (χ2n) is 9.10. The average Bonchev–Trinajstić information content (AvgIpc) is 3.40. The van der Waals surface area contributed by atoms with Gasteiger partial charge in [0.25, 0.3) is 0 Å². The molecule has 4 heterocycles. The maximum atomic E-state index is 13.3. The third kappa shape index (κ3) is 5.97. The van der Waals surface area contributed by atoms with Gasteiger partial charge in [-0.3, -0.25) is 0 Å². The summed E-state index contributed by atoms with van der Waals surface area (Å²) in [5, 5.41) is 13.9. The van der Waals surface area contributed by atoms with Gasteiger partial charge in [-0.1, -0.05) is 12.1 Å². The Labute approximate surface area is 227 Å². The lowest BCUT2D eigenvalue weighted by atomic mass is 10.1. The lowest BCUT2D eigenvalue weighted by molar-refractivity contribution is 0.146. The van der Waals surface area contributed by atoms with Crippen LogP contribution in [0.5, 0.6) is 11.5 Å². The van der Waals surface area contributed by atoms with E-state index < -0.39 is 9.73 Å². The number of benzene rings is 1. The van der Waals surface area contributed by atoms with Crippen molar-refractivity contribution in [2.24, 2.45) is 4.36 Å². The van der Waals surface area contributed by atoms with Gasteiger partial charge in [0.05, 0.1) is 53.5 Å². The topological polar surface area (TPSA) is 114 Å². The molecule has 202 valence electrons. The van der Waals surface area contributed by atoms with E-state index in [0.29, 0.717) is 61.2 Å². The van der Waals surface area contributed by atoms with Crippen molar-refractivity contribution in [2.75, 3.05) is 56.9 Å². The van der Waals surface area contributed by atoms with Crippen LogP contribution in [0, 0.1) is 11.3 Å². The van der Waals surface area contributed by atoms with Crippen LogP contribution in [0.1, 0.15) is 11.1 Å². The number of pyridine rings is 2. The van der Waals surface area contributed by atoms with Crippen LogP contribution in [0.25, 0.3) is 16.6 Å². The molecule has 0 atom stereocenters. The molecule has 0 saturated carbocycles. The van der Waals surface area contributed by atoms with Crippen molar-refractivity contribution >= 4 is 21.1 Å². The van der Waals surface area contributed by atoms with Crippen LogP contribution in [0.4, 0.5) is 5.82 Å². The number of fused-ring (bicyclic) bond motifs is 1. The summed E-state index contributed by atoms with van der Waals surface area (Å²) in [7, 11) is 0.978. The molecule has 0 spiro atoms. The maximum absolute atomic E-state index is 13.3. The number of methoxy groups -OCH3 is 2. The van der Waals surface area contributed by atoms with Crippen molar-refractivity contribution in [1.29, 1.82) is 5.26 Å². The monoisotopic (exact) mass is 546 g/mol. The molecule has 0 aliphatic carbocycles. The molecule has 0 bridgehead atoms. The van der Waals surface area contributed by atoms with Crippen molar-refractivity contribution in [3.05, 3.63) is 72.2 Å². The summed E-state index contributed by atoms with van der Waals surface area (Å²) >= 11 is 0. The van der Waals surface area contributed by atoms with E-state index in [1.165, 1.54) is 0 Å². The minimum atomic E-state index is -2.28. The van der Waals surface area contributed by atoms with Gasteiger partial charge in [-0.25, -0.2) is 18.1 Å². The molecule has 39 heavy (non-hydrogen) atoms. The highest BCUT2D eigenvalue weighted by Crippen LogP contribution is 2.31. The van der Waals surface area contributed by atoms with Crippen LogP contribution >= 0.6 is 0 Å². The number of nitrogens with zero attached hydrogens (tertiary/aromatic N) is 6. The lowest BCUT2D eigenvalue weighted by Gasteiger charge is -2.29. The van der Waals surface area contributed by atoms with Crippen molar-refractivity contribution in [3.63, 3.8) is 0 Å². The molecule has 0 amide bonds. The van der Waals surface area contributed by atoms with Crippen molar-refractivity contribution < 1.29 is 18.4 Å². The number of nitriles is 1. The summed E-state index contributed by atoms with van der Waals surface area (Å²) in [6, 6.07) is 15.7. The second-order valence-corrected chi connectivity index (χ2v) is 11.7. The van der Waals surface area contributed by atoms with E-state index in [1.54, 1.807) is 37.3 Å². The number of rotatable bonds is 9. The Morgan fingerprint density at radius 1 is 1.05 bits per heavy atom. The smallest absolute Gasteiger partial charge is 0.138 e. The quantitative estimate of drug-likeness (QED) is 0.291. The van der Waals surface area contributed by atoms with Crippen molar-refractivity contribution in [1.82, 2.24) is 14.6 Å². The molecular formula is C28H30N6O4S. The molecule has 4 aromatic rings. The largest absolute Gasteiger partial charge is 0.497 e. The molecular weight excluding hydrogens is 516 g/mol. The van der Waals surface area contributed by atoms with Gasteiger partial charge in [-0.05, 0) is 35.9 Å². The molecule has 1 aromatic carbocycles. The lowest BCUT2D eigenvalue weighted by Crippen LogP contribution is -2.40. The van der Waals surface area contributed by atoms with Crippen LogP contribution in [0.2, 0.25) is 0 Å². The zero-order valence-electron chi connectivity index (χ0n) is 21.9. The molecule has 3 aromatic heterocycles. The van der Waals surface area contributed by atoms with Gasteiger partial charge in [0.2, 0.25) is 0 Å². The Morgan fingerprint density at radius 2 is 1.85 bits per heavy atom. The van der Waals surface area contributed by atoms with Gasteiger partial charge in [0.15, 0.2) is 0 Å². The predicted molar refractivity (Wildman–Crippen MR) is 150 cm³/mol. The highest BCUT2D eigenvalue weighted by atomic mass is 32.2. The third-order valence-electron chi connectivity index (χ3n) is 6.65. The Kier molecular flexibility index (Phi) is 7.95. The minimum Gasteiger partial charge on any atom is -0.497 e. The third-order valence-corrected chi connectivity index (χ3v) is 8.89. The molecule has 0 radical (unpaired) electrons. The summed E-state index contributed by atoms with van der Waals surface area (Å²) < 4.78 is 35.6. The van der Waals surface area contributed by atoms with Crippen LogP contribution in [-0.4, -0.2) is 70.8 Å². The van der Waals surface area contributed by atoms with Gasteiger partial charge in [-0.15, -0.1) is 0 Å². The summed E-state index contributed by atoms with van der Waals surface area (Å²) in [5.74, 6) is 3.21. The first-order valence-electron chi connectivity index (χ1n) is 12.6. The summed E-state index contributed by atoms with van der Waals surface area (Å²) in [6.07, 6.45) is 5.09. The normalized spacial score (nSPS) is 14.6. The predicted octanol–water partition coefficient (Wildman–Crippen LogP) is 3.79. The van der Waals surface area contributed by atoms with Crippen LogP contribution < -0.4 is 14.4 Å². The van der Waals surface area contributed by atoms with Gasteiger partial charge in [-0.2, -0.15) is 10.4 Å². The first kappa shape index (κ1) is 26.5.